The van der Waals surface area contributed by atoms with E-state index >= 15 is 0 Å². The Morgan fingerprint density at radius 1 is 1.00 bits per heavy atom. The van der Waals surface area contributed by atoms with Gasteiger partial charge in [-0.3, -0.25) is 0 Å². The highest BCUT2D eigenvalue weighted by molar-refractivity contribution is 7.98. The first-order valence-corrected chi connectivity index (χ1v) is 7.95. The third kappa shape index (κ3) is 2.63. The van der Waals surface area contributed by atoms with Gasteiger partial charge in [0.25, 0.3) is 0 Å². The molecule has 0 bridgehead atoms. The lowest BCUT2D eigenvalue weighted by molar-refractivity contribution is 0.426. The molecule has 0 radical (unpaired) electrons. The first-order valence-electron chi connectivity index (χ1n) is 6.97. The van der Waals surface area contributed by atoms with Crippen molar-refractivity contribution in [1.82, 2.24) is 15.1 Å². The quantitative estimate of drug-likeness (QED) is 0.564. The summed E-state index contributed by atoms with van der Waals surface area (Å²) >= 11 is 1.62. The van der Waals surface area contributed by atoms with Crippen LogP contribution in [0.3, 0.4) is 0 Å². The molecule has 0 saturated heterocycles. The van der Waals surface area contributed by atoms with Crippen molar-refractivity contribution in [3.63, 3.8) is 0 Å². The highest BCUT2D eigenvalue weighted by atomic mass is 32.2. The first-order chi connectivity index (χ1) is 10.9. The Kier molecular flexibility index (Phi) is 3.40. The van der Waals surface area contributed by atoms with Crippen LogP contribution in [0.15, 0.2) is 70.3 Å². The molecule has 0 saturated carbocycles. The molecule has 0 aliphatic heterocycles. The molecule has 0 spiro atoms. The standard InChI is InChI=1S/C17H13N3OS/c1-2-6-12(7-3-1)16-10-13(20-21-16)11-22-17-18-14-8-4-5-9-15(14)19-17/h1-10H,11H2,(H,18,19). The van der Waals surface area contributed by atoms with E-state index < -0.39 is 0 Å². The molecule has 0 fully saturated rings. The maximum atomic E-state index is 5.40. The lowest BCUT2D eigenvalue weighted by atomic mass is 10.2. The molecule has 22 heavy (non-hydrogen) atoms. The SMILES string of the molecule is c1ccc(-c2cc(CSc3nc4ccccc4[nH]3)no2)cc1. The van der Waals surface area contributed by atoms with E-state index in [1.54, 1.807) is 11.8 Å². The summed E-state index contributed by atoms with van der Waals surface area (Å²) in [6.07, 6.45) is 0. The van der Waals surface area contributed by atoms with Crippen molar-refractivity contribution in [2.75, 3.05) is 0 Å². The van der Waals surface area contributed by atoms with Gasteiger partial charge in [-0.05, 0) is 12.1 Å². The van der Waals surface area contributed by atoms with E-state index in [0.29, 0.717) is 0 Å². The second-order valence-corrected chi connectivity index (χ2v) is 5.86. The largest absolute Gasteiger partial charge is 0.356 e. The maximum absolute atomic E-state index is 5.40. The predicted octanol–water partition coefficient (Wildman–Crippen LogP) is 4.51. The normalized spacial score (nSPS) is 11.1. The van der Waals surface area contributed by atoms with Crippen molar-refractivity contribution in [2.24, 2.45) is 0 Å². The van der Waals surface area contributed by atoms with Gasteiger partial charge in [0.15, 0.2) is 10.9 Å². The Hall–Kier alpha value is -2.53. The van der Waals surface area contributed by atoms with Crippen LogP contribution in [0.2, 0.25) is 0 Å². The molecule has 2 aromatic carbocycles. The van der Waals surface area contributed by atoms with Crippen LogP contribution in [-0.4, -0.2) is 15.1 Å². The Morgan fingerprint density at radius 2 is 1.82 bits per heavy atom. The molecule has 4 rings (SSSR count). The van der Waals surface area contributed by atoms with Crippen LogP contribution in [-0.2, 0) is 5.75 Å². The van der Waals surface area contributed by atoms with Gasteiger partial charge >= 0.3 is 0 Å². The monoisotopic (exact) mass is 307 g/mol. The smallest absolute Gasteiger partial charge is 0.167 e. The van der Waals surface area contributed by atoms with Crippen molar-refractivity contribution in [3.8, 4) is 11.3 Å². The first kappa shape index (κ1) is 13.2. The lowest BCUT2D eigenvalue weighted by Crippen LogP contribution is -1.80. The Morgan fingerprint density at radius 3 is 2.68 bits per heavy atom. The number of hydrogen-bond donors (Lipinski definition) is 1. The minimum atomic E-state index is 0.718. The number of nitrogens with zero attached hydrogens (tertiary/aromatic N) is 2. The summed E-state index contributed by atoms with van der Waals surface area (Å²) in [6.45, 7) is 0. The maximum Gasteiger partial charge on any atom is 0.167 e. The highest BCUT2D eigenvalue weighted by Crippen LogP contribution is 2.25. The molecule has 108 valence electrons. The lowest BCUT2D eigenvalue weighted by Gasteiger charge is -1.92. The van der Waals surface area contributed by atoms with Crippen LogP contribution in [0, 0.1) is 0 Å². The second-order valence-electron chi connectivity index (χ2n) is 4.90. The average molecular weight is 307 g/mol. The highest BCUT2D eigenvalue weighted by Gasteiger charge is 2.08. The minimum absolute atomic E-state index is 0.718. The van der Waals surface area contributed by atoms with Gasteiger partial charge in [0, 0.05) is 17.4 Å². The summed E-state index contributed by atoms with van der Waals surface area (Å²) in [7, 11) is 0. The number of nitrogens with one attached hydrogen (secondary N) is 1. The number of rotatable bonds is 4. The Bertz CT molecular complexity index is 865. The van der Waals surface area contributed by atoms with Crippen LogP contribution in [0.25, 0.3) is 22.4 Å². The van der Waals surface area contributed by atoms with E-state index in [9.17, 15) is 0 Å². The van der Waals surface area contributed by atoms with E-state index in [-0.39, 0.29) is 0 Å². The van der Waals surface area contributed by atoms with Crippen LogP contribution in [0.4, 0.5) is 0 Å². The third-order valence-corrected chi connectivity index (χ3v) is 4.25. The van der Waals surface area contributed by atoms with E-state index in [2.05, 4.69) is 15.1 Å². The van der Waals surface area contributed by atoms with Crippen LogP contribution < -0.4 is 0 Å². The Balaban J connectivity index is 1.49. The van der Waals surface area contributed by atoms with Gasteiger partial charge in [-0.1, -0.05) is 59.4 Å². The second kappa shape index (κ2) is 5.69. The zero-order valence-electron chi connectivity index (χ0n) is 11.7. The number of aromatic amines is 1. The fraction of sp³-hybridized carbons (Fsp3) is 0.0588. The van der Waals surface area contributed by atoms with Gasteiger partial charge in [-0.2, -0.15) is 0 Å². The molecular formula is C17H13N3OS. The summed E-state index contributed by atoms with van der Waals surface area (Å²) in [5, 5.41) is 5.02. The van der Waals surface area contributed by atoms with E-state index in [1.807, 2.05) is 60.7 Å². The van der Waals surface area contributed by atoms with Gasteiger partial charge < -0.3 is 9.51 Å². The molecular weight excluding hydrogens is 294 g/mol. The molecule has 1 N–H and O–H groups in total. The zero-order valence-corrected chi connectivity index (χ0v) is 12.5. The molecule has 0 unspecified atom stereocenters. The molecule has 4 aromatic rings. The van der Waals surface area contributed by atoms with Gasteiger partial charge in [0.2, 0.25) is 0 Å². The van der Waals surface area contributed by atoms with E-state index in [4.69, 9.17) is 4.52 Å². The summed E-state index contributed by atoms with van der Waals surface area (Å²) in [5.74, 6) is 1.51. The van der Waals surface area contributed by atoms with Gasteiger partial charge in [-0.25, -0.2) is 4.98 Å². The molecule has 2 heterocycles. The molecule has 0 amide bonds. The van der Waals surface area contributed by atoms with Crippen LogP contribution >= 0.6 is 11.8 Å². The van der Waals surface area contributed by atoms with Crippen molar-refractivity contribution in [2.45, 2.75) is 10.9 Å². The number of thioether (sulfide) groups is 1. The van der Waals surface area contributed by atoms with Crippen LogP contribution in [0.5, 0.6) is 0 Å². The minimum Gasteiger partial charge on any atom is -0.356 e. The van der Waals surface area contributed by atoms with E-state index in [0.717, 1.165) is 39.0 Å². The molecule has 0 aliphatic carbocycles. The number of aromatic nitrogens is 3. The number of H-pyrrole nitrogens is 1. The Labute approximate surface area is 131 Å². The number of benzene rings is 2. The topological polar surface area (TPSA) is 54.7 Å². The summed E-state index contributed by atoms with van der Waals surface area (Å²) < 4.78 is 5.40. The number of fused-ring (bicyclic) bond motifs is 1. The van der Waals surface area contributed by atoms with E-state index in [1.165, 1.54) is 0 Å². The number of imidazole rings is 1. The number of para-hydroxylation sites is 2. The van der Waals surface area contributed by atoms with Crippen molar-refractivity contribution >= 4 is 22.8 Å². The summed E-state index contributed by atoms with van der Waals surface area (Å²) in [5.41, 5.74) is 3.98. The zero-order chi connectivity index (χ0) is 14.8. The van der Waals surface area contributed by atoms with Gasteiger partial charge in [0.1, 0.15) is 0 Å². The third-order valence-electron chi connectivity index (χ3n) is 3.34. The van der Waals surface area contributed by atoms with Crippen molar-refractivity contribution in [3.05, 3.63) is 66.4 Å². The molecule has 2 aromatic heterocycles. The van der Waals surface area contributed by atoms with Gasteiger partial charge in [-0.15, -0.1) is 0 Å². The molecule has 0 atom stereocenters. The average Bonchev–Trinajstić information content (AvgIpc) is 3.20. The molecule has 5 heteroatoms. The summed E-state index contributed by atoms with van der Waals surface area (Å²) in [6, 6.07) is 20.0. The van der Waals surface area contributed by atoms with Crippen molar-refractivity contribution in [1.29, 1.82) is 0 Å². The molecule has 4 nitrogen and oxygen atoms in total. The van der Waals surface area contributed by atoms with Crippen molar-refractivity contribution < 1.29 is 4.52 Å². The predicted molar refractivity (Wildman–Crippen MR) is 87.6 cm³/mol. The summed E-state index contributed by atoms with van der Waals surface area (Å²) in [4.78, 5) is 7.84. The van der Waals surface area contributed by atoms with Crippen LogP contribution in [0.1, 0.15) is 5.69 Å². The molecule has 0 aliphatic rings. The fourth-order valence-corrected chi connectivity index (χ4v) is 3.02. The fourth-order valence-electron chi connectivity index (χ4n) is 2.26. The van der Waals surface area contributed by atoms with Gasteiger partial charge in [0.05, 0.1) is 16.7 Å². The number of hydrogen-bond acceptors (Lipinski definition) is 4.